The predicted molar refractivity (Wildman–Crippen MR) is 174 cm³/mol. The summed E-state index contributed by atoms with van der Waals surface area (Å²) < 4.78 is 27.5. The maximum atomic E-state index is 13.7. The van der Waals surface area contributed by atoms with E-state index in [0.29, 0.717) is 17.3 Å². The van der Waals surface area contributed by atoms with Crippen LogP contribution in [0.3, 0.4) is 0 Å². The SMILES string of the molecule is CN1CCN(c2ccc(Nc3cc(N(C)C(=O)Nc4cc(NC(=O)c5cccc(C(C)(F)F)c5)ccc4Cl)ncn3)cc2)CC1. The third kappa shape index (κ3) is 8.02. The van der Waals surface area contributed by atoms with Crippen LogP contribution in [0.4, 0.5) is 48.0 Å². The Hall–Kier alpha value is -4.81. The molecule has 0 radical (unpaired) electrons. The highest BCUT2D eigenvalue weighted by Crippen LogP contribution is 2.29. The molecule has 13 heteroatoms. The molecule has 0 atom stereocenters. The number of alkyl halides is 2. The van der Waals surface area contributed by atoms with Crippen LogP contribution in [-0.4, -0.2) is 67.1 Å². The number of nitrogens with one attached hydrogen (secondary N) is 3. The van der Waals surface area contributed by atoms with E-state index in [1.807, 2.05) is 12.1 Å². The van der Waals surface area contributed by atoms with Crippen molar-refractivity contribution in [2.45, 2.75) is 12.8 Å². The van der Waals surface area contributed by atoms with Gasteiger partial charge in [0.15, 0.2) is 0 Å². The van der Waals surface area contributed by atoms with Crippen LogP contribution >= 0.6 is 11.6 Å². The van der Waals surface area contributed by atoms with Gasteiger partial charge in [-0.15, -0.1) is 0 Å². The quantitative estimate of drug-likeness (QED) is 0.199. The highest BCUT2D eigenvalue weighted by molar-refractivity contribution is 6.34. The Morgan fingerprint density at radius 3 is 2.33 bits per heavy atom. The minimum Gasteiger partial charge on any atom is -0.369 e. The van der Waals surface area contributed by atoms with E-state index in [4.69, 9.17) is 11.6 Å². The Morgan fingerprint density at radius 2 is 1.62 bits per heavy atom. The minimum absolute atomic E-state index is 0.0634. The molecule has 234 valence electrons. The van der Waals surface area contributed by atoms with E-state index in [-0.39, 0.29) is 21.8 Å². The van der Waals surface area contributed by atoms with Gasteiger partial charge in [0.05, 0.1) is 10.7 Å². The second-order valence-corrected chi connectivity index (χ2v) is 11.2. The first-order valence-corrected chi connectivity index (χ1v) is 14.6. The number of hydrogen-bond acceptors (Lipinski definition) is 7. The van der Waals surface area contributed by atoms with Crippen LogP contribution in [0.15, 0.2) is 79.1 Å². The monoisotopic (exact) mass is 634 g/mol. The van der Waals surface area contributed by atoms with Crippen molar-refractivity contribution in [3.63, 3.8) is 0 Å². The molecular formula is C32H33ClF2N8O2. The summed E-state index contributed by atoms with van der Waals surface area (Å²) in [6.45, 7) is 4.78. The number of anilines is 6. The van der Waals surface area contributed by atoms with Gasteiger partial charge in [0.2, 0.25) is 0 Å². The molecule has 1 aliphatic rings. The van der Waals surface area contributed by atoms with Crippen molar-refractivity contribution in [1.82, 2.24) is 14.9 Å². The lowest BCUT2D eigenvalue weighted by Gasteiger charge is -2.34. The lowest BCUT2D eigenvalue weighted by atomic mass is 10.1. The van der Waals surface area contributed by atoms with Gasteiger partial charge in [-0.05, 0) is 61.6 Å². The van der Waals surface area contributed by atoms with E-state index < -0.39 is 17.9 Å². The zero-order valence-electron chi connectivity index (χ0n) is 25.0. The van der Waals surface area contributed by atoms with Crippen molar-refractivity contribution in [3.05, 3.63) is 95.3 Å². The van der Waals surface area contributed by atoms with E-state index >= 15 is 0 Å². The van der Waals surface area contributed by atoms with Gasteiger partial charge in [0.1, 0.15) is 18.0 Å². The first-order chi connectivity index (χ1) is 21.5. The molecule has 0 spiro atoms. The fraction of sp³-hybridized carbons (Fsp3) is 0.250. The number of hydrogen-bond donors (Lipinski definition) is 3. The number of halogens is 3. The molecular weight excluding hydrogens is 602 g/mol. The molecule has 0 aliphatic carbocycles. The van der Waals surface area contributed by atoms with Crippen LogP contribution in [0.2, 0.25) is 5.02 Å². The summed E-state index contributed by atoms with van der Waals surface area (Å²) in [5, 5.41) is 8.84. The molecule has 2 heterocycles. The molecule has 0 bridgehead atoms. The second kappa shape index (κ2) is 13.4. The standard InChI is InChI=1S/C32H33ClF2N8O2/c1-32(34,35)22-6-4-5-21(17-22)30(44)39-24-9-12-26(33)27(18-24)40-31(45)42(3)29-19-28(36-20-37-29)38-23-7-10-25(11-8-23)43-15-13-41(2)14-16-43/h4-12,17-20H,13-16H2,1-3H3,(H,39,44)(H,40,45)(H,36,37,38). The summed E-state index contributed by atoms with van der Waals surface area (Å²) >= 11 is 6.33. The lowest BCUT2D eigenvalue weighted by Crippen LogP contribution is -2.44. The average Bonchev–Trinajstić information content (AvgIpc) is 3.03. The summed E-state index contributed by atoms with van der Waals surface area (Å²) in [6, 6.07) is 18.9. The summed E-state index contributed by atoms with van der Waals surface area (Å²) in [6.07, 6.45) is 1.35. The van der Waals surface area contributed by atoms with Gasteiger partial charge in [0.25, 0.3) is 11.8 Å². The lowest BCUT2D eigenvalue weighted by molar-refractivity contribution is 0.0174. The topological polar surface area (TPSA) is 106 Å². The second-order valence-electron chi connectivity index (χ2n) is 10.8. The Balaban J connectivity index is 1.22. The number of amides is 3. The minimum atomic E-state index is -3.09. The smallest absolute Gasteiger partial charge is 0.327 e. The Morgan fingerprint density at radius 1 is 0.911 bits per heavy atom. The summed E-state index contributed by atoms with van der Waals surface area (Å²) in [5.41, 5.74) is 2.32. The highest BCUT2D eigenvalue weighted by atomic mass is 35.5. The molecule has 3 N–H and O–H groups in total. The van der Waals surface area contributed by atoms with Crippen molar-refractivity contribution in [2.24, 2.45) is 0 Å². The molecule has 3 amide bonds. The van der Waals surface area contributed by atoms with Crippen LogP contribution in [0.25, 0.3) is 0 Å². The molecule has 0 unspecified atom stereocenters. The van der Waals surface area contributed by atoms with Crippen molar-refractivity contribution in [2.75, 3.05) is 66.0 Å². The van der Waals surface area contributed by atoms with Crippen LogP contribution in [-0.2, 0) is 5.92 Å². The van der Waals surface area contributed by atoms with Gasteiger partial charge >= 0.3 is 6.03 Å². The third-order valence-electron chi connectivity index (χ3n) is 7.41. The van der Waals surface area contributed by atoms with Crippen molar-refractivity contribution >= 4 is 57.9 Å². The molecule has 45 heavy (non-hydrogen) atoms. The van der Waals surface area contributed by atoms with Crippen LogP contribution in [0.5, 0.6) is 0 Å². The number of rotatable bonds is 8. The fourth-order valence-corrected chi connectivity index (χ4v) is 4.87. The van der Waals surface area contributed by atoms with Crippen LogP contribution in [0.1, 0.15) is 22.8 Å². The van der Waals surface area contributed by atoms with Gasteiger partial charge in [-0.2, -0.15) is 0 Å². The molecule has 0 saturated carbocycles. The van der Waals surface area contributed by atoms with Gasteiger partial charge in [-0.25, -0.2) is 23.5 Å². The van der Waals surface area contributed by atoms with Gasteiger partial charge in [-0.1, -0.05) is 23.7 Å². The first kappa shape index (κ1) is 31.6. The zero-order chi connectivity index (χ0) is 32.1. The van der Waals surface area contributed by atoms with E-state index in [0.717, 1.165) is 50.5 Å². The van der Waals surface area contributed by atoms with E-state index in [1.165, 1.54) is 47.6 Å². The molecule has 10 nitrogen and oxygen atoms in total. The number of carbonyl (C=O) groups is 2. The predicted octanol–water partition coefficient (Wildman–Crippen LogP) is 6.66. The largest absolute Gasteiger partial charge is 0.369 e. The number of nitrogens with zero attached hydrogens (tertiary/aromatic N) is 5. The third-order valence-corrected chi connectivity index (χ3v) is 7.74. The Labute approximate surface area is 265 Å². The molecule has 1 aliphatic heterocycles. The maximum Gasteiger partial charge on any atom is 0.327 e. The Bertz CT molecular complexity index is 1670. The van der Waals surface area contributed by atoms with Crippen LogP contribution < -0.4 is 25.8 Å². The zero-order valence-corrected chi connectivity index (χ0v) is 25.8. The molecule has 4 aromatic rings. The number of aromatic nitrogens is 2. The number of benzene rings is 3. The summed E-state index contributed by atoms with van der Waals surface area (Å²) in [4.78, 5) is 40.4. The Kier molecular flexibility index (Phi) is 9.45. The summed E-state index contributed by atoms with van der Waals surface area (Å²) in [7, 11) is 3.67. The maximum absolute atomic E-state index is 13.7. The molecule has 1 saturated heterocycles. The molecule has 1 aromatic heterocycles. The first-order valence-electron chi connectivity index (χ1n) is 14.2. The highest BCUT2D eigenvalue weighted by Gasteiger charge is 2.25. The van der Waals surface area contributed by atoms with E-state index in [1.54, 1.807) is 13.1 Å². The molecule has 5 rings (SSSR count). The van der Waals surface area contributed by atoms with Crippen LogP contribution in [0, 0.1) is 0 Å². The molecule has 3 aromatic carbocycles. The van der Waals surface area contributed by atoms with Crippen molar-refractivity contribution < 1.29 is 18.4 Å². The van der Waals surface area contributed by atoms with Gasteiger partial charge in [-0.3, -0.25) is 9.69 Å². The molecule has 1 fully saturated rings. The van der Waals surface area contributed by atoms with Crippen molar-refractivity contribution in [1.29, 1.82) is 0 Å². The number of likely N-dealkylation sites (N-methyl/N-ethyl adjacent to an activating group) is 1. The van der Waals surface area contributed by atoms with E-state index in [9.17, 15) is 18.4 Å². The van der Waals surface area contributed by atoms with Gasteiger partial charge in [0, 0.05) is 74.4 Å². The summed E-state index contributed by atoms with van der Waals surface area (Å²) in [5.74, 6) is -2.85. The fourth-order valence-electron chi connectivity index (χ4n) is 4.71. The number of urea groups is 1. The van der Waals surface area contributed by atoms with E-state index in [2.05, 4.69) is 54.9 Å². The normalized spacial score (nSPS) is 13.7. The number of piperazine rings is 1. The van der Waals surface area contributed by atoms with Gasteiger partial charge < -0.3 is 25.8 Å². The average molecular weight is 635 g/mol. The van der Waals surface area contributed by atoms with Crippen molar-refractivity contribution in [3.8, 4) is 0 Å². The number of carbonyl (C=O) groups excluding carboxylic acids is 2.